The first-order chi connectivity index (χ1) is 11.6. The second kappa shape index (κ2) is 7.47. The zero-order valence-corrected chi connectivity index (χ0v) is 14.3. The molecule has 1 amide bonds. The van der Waals surface area contributed by atoms with Gasteiger partial charge in [0.05, 0.1) is 0 Å². The lowest BCUT2D eigenvalue weighted by atomic mass is 10.1. The van der Waals surface area contributed by atoms with Crippen LogP contribution >= 0.6 is 0 Å². The summed E-state index contributed by atoms with van der Waals surface area (Å²) in [6.45, 7) is 5.63. The van der Waals surface area contributed by atoms with E-state index in [1.165, 1.54) is 11.3 Å². The summed E-state index contributed by atoms with van der Waals surface area (Å²) in [6.07, 6.45) is 2.92. The van der Waals surface area contributed by atoms with Crippen LogP contribution in [-0.4, -0.2) is 35.2 Å². The van der Waals surface area contributed by atoms with E-state index in [1.54, 1.807) is 6.92 Å². The number of anilines is 1. The minimum atomic E-state index is 0.0746. The Balaban J connectivity index is 1.40. The highest BCUT2D eigenvalue weighted by Crippen LogP contribution is 2.28. The van der Waals surface area contributed by atoms with Gasteiger partial charge in [-0.15, -0.1) is 0 Å². The van der Waals surface area contributed by atoms with E-state index in [-0.39, 0.29) is 11.9 Å². The Labute approximate surface area is 142 Å². The fraction of sp³-hybridized carbons (Fsp3) is 0.500. The van der Waals surface area contributed by atoms with E-state index >= 15 is 0 Å². The summed E-state index contributed by atoms with van der Waals surface area (Å²) in [6, 6.07) is 8.78. The molecule has 2 aromatic rings. The first kappa shape index (κ1) is 16.5. The molecule has 128 valence electrons. The van der Waals surface area contributed by atoms with Crippen molar-refractivity contribution in [2.75, 3.05) is 18.0 Å². The Morgan fingerprint density at radius 2 is 2.25 bits per heavy atom. The summed E-state index contributed by atoms with van der Waals surface area (Å²) in [5.74, 6) is 1.31. The van der Waals surface area contributed by atoms with Gasteiger partial charge in [-0.3, -0.25) is 4.79 Å². The number of para-hydroxylation sites is 1. The van der Waals surface area contributed by atoms with Gasteiger partial charge in [0.15, 0.2) is 5.82 Å². The van der Waals surface area contributed by atoms with Crippen LogP contribution < -0.4 is 10.2 Å². The van der Waals surface area contributed by atoms with Crippen molar-refractivity contribution in [3.05, 3.63) is 41.5 Å². The molecule has 1 aromatic carbocycles. The van der Waals surface area contributed by atoms with Gasteiger partial charge in [-0.05, 0) is 38.3 Å². The summed E-state index contributed by atoms with van der Waals surface area (Å²) in [5, 5.41) is 6.78. The maximum atomic E-state index is 12.0. The van der Waals surface area contributed by atoms with E-state index in [2.05, 4.69) is 51.5 Å². The third-order valence-electron chi connectivity index (χ3n) is 4.41. The topological polar surface area (TPSA) is 71.3 Å². The van der Waals surface area contributed by atoms with E-state index in [4.69, 9.17) is 4.52 Å². The minimum Gasteiger partial charge on any atom is -0.366 e. The summed E-state index contributed by atoms with van der Waals surface area (Å²) in [7, 11) is 0. The third kappa shape index (κ3) is 3.93. The number of aromatic nitrogens is 2. The highest BCUT2D eigenvalue weighted by molar-refractivity contribution is 5.76. The number of rotatable bonds is 7. The number of carbonyl (C=O) groups excluding carboxylic acids is 1. The molecule has 0 spiro atoms. The summed E-state index contributed by atoms with van der Waals surface area (Å²) in [4.78, 5) is 18.5. The molecule has 1 atom stereocenters. The van der Waals surface area contributed by atoms with Gasteiger partial charge in [0.2, 0.25) is 11.8 Å². The Bertz CT molecular complexity index is 698. The summed E-state index contributed by atoms with van der Waals surface area (Å²) < 4.78 is 5.05. The first-order valence-electron chi connectivity index (χ1n) is 8.54. The van der Waals surface area contributed by atoms with Crippen LogP contribution in [0.3, 0.4) is 0 Å². The Kier molecular flexibility index (Phi) is 5.13. The molecule has 0 aliphatic carbocycles. The molecule has 0 fully saturated rings. The smallest absolute Gasteiger partial charge is 0.226 e. The molecule has 6 nitrogen and oxygen atoms in total. The molecule has 1 aliphatic rings. The molecule has 24 heavy (non-hydrogen) atoms. The number of aryl methyl sites for hydroxylation is 2. The lowest BCUT2D eigenvalue weighted by Gasteiger charge is -2.27. The van der Waals surface area contributed by atoms with Crippen LogP contribution in [0.5, 0.6) is 0 Å². The van der Waals surface area contributed by atoms with Gasteiger partial charge in [0.1, 0.15) is 0 Å². The number of benzene rings is 1. The first-order valence-corrected chi connectivity index (χ1v) is 8.54. The Morgan fingerprint density at radius 1 is 1.42 bits per heavy atom. The normalized spacial score (nSPS) is 14.5. The van der Waals surface area contributed by atoms with Gasteiger partial charge in [-0.1, -0.05) is 23.4 Å². The fourth-order valence-corrected chi connectivity index (χ4v) is 3.12. The number of nitrogens with zero attached hydrogens (tertiary/aromatic N) is 3. The van der Waals surface area contributed by atoms with Crippen LogP contribution in [-0.2, 0) is 17.6 Å². The monoisotopic (exact) mass is 328 g/mol. The van der Waals surface area contributed by atoms with Gasteiger partial charge in [-0.2, -0.15) is 4.98 Å². The van der Waals surface area contributed by atoms with Crippen molar-refractivity contribution < 1.29 is 9.32 Å². The number of hydrogen-bond acceptors (Lipinski definition) is 5. The maximum absolute atomic E-state index is 12.0. The second-order valence-electron chi connectivity index (χ2n) is 6.31. The second-order valence-corrected chi connectivity index (χ2v) is 6.31. The molecule has 1 N–H and O–H groups in total. The summed E-state index contributed by atoms with van der Waals surface area (Å²) in [5.41, 5.74) is 2.69. The number of amides is 1. The fourth-order valence-electron chi connectivity index (χ4n) is 3.12. The molecule has 1 aliphatic heterocycles. The number of carbonyl (C=O) groups is 1. The van der Waals surface area contributed by atoms with Gasteiger partial charge < -0.3 is 14.7 Å². The van der Waals surface area contributed by atoms with Gasteiger partial charge in [0.25, 0.3) is 0 Å². The molecular formula is C18H24N4O2. The number of hydrogen-bond donors (Lipinski definition) is 1. The van der Waals surface area contributed by atoms with Crippen molar-refractivity contribution in [1.29, 1.82) is 0 Å². The number of nitrogens with one attached hydrogen (secondary N) is 1. The standard InChI is InChI=1S/C18H24N4O2/c1-13(22-11-10-15-6-3-4-7-16(15)22)12-19-17(23)8-5-9-18-20-14(2)21-24-18/h3-4,6-7,13H,5,8-12H2,1-2H3,(H,19,23)/t13-/m0/s1. The minimum absolute atomic E-state index is 0.0746. The van der Waals surface area contributed by atoms with Crippen LogP contribution in [0.2, 0.25) is 0 Å². The van der Waals surface area contributed by atoms with Crippen molar-refractivity contribution in [2.45, 2.75) is 45.6 Å². The van der Waals surface area contributed by atoms with E-state index in [9.17, 15) is 4.79 Å². The van der Waals surface area contributed by atoms with Gasteiger partial charge in [0, 0.05) is 37.7 Å². The molecule has 0 radical (unpaired) electrons. The highest BCUT2D eigenvalue weighted by atomic mass is 16.5. The van der Waals surface area contributed by atoms with Crippen LogP contribution in [0.15, 0.2) is 28.8 Å². The lowest BCUT2D eigenvalue weighted by molar-refractivity contribution is -0.121. The molecule has 2 heterocycles. The van der Waals surface area contributed by atoms with Gasteiger partial charge in [-0.25, -0.2) is 0 Å². The van der Waals surface area contributed by atoms with E-state index in [1.807, 2.05) is 0 Å². The number of fused-ring (bicyclic) bond motifs is 1. The van der Waals surface area contributed by atoms with Crippen LogP contribution in [0, 0.1) is 6.92 Å². The molecule has 3 rings (SSSR count). The van der Waals surface area contributed by atoms with Crippen LogP contribution in [0.4, 0.5) is 5.69 Å². The molecule has 0 saturated carbocycles. The zero-order valence-electron chi connectivity index (χ0n) is 14.3. The molecule has 0 unspecified atom stereocenters. The maximum Gasteiger partial charge on any atom is 0.226 e. The quantitative estimate of drug-likeness (QED) is 0.844. The van der Waals surface area contributed by atoms with Crippen molar-refractivity contribution >= 4 is 11.6 Å². The zero-order chi connectivity index (χ0) is 16.9. The van der Waals surface area contributed by atoms with Crippen molar-refractivity contribution in [1.82, 2.24) is 15.5 Å². The van der Waals surface area contributed by atoms with Crippen LogP contribution in [0.1, 0.15) is 37.0 Å². The van der Waals surface area contributed by atoms with E-state index in [0.29, 0.717) is 37.5 Å². The van der Waals surface area contributed by atoms with E-state index in [0.717, 1.165) is 13.0 Å². The van der Waals surface area contributed by atoms with Crippen LogP contribution in [0.25, 0.3) is 0 Å². The molecule has 1 aromatic heterocycles. The van der Waals surface area contributed by atoms with Crippen molar-refractivity contribution in [3.63, 3.8) is 0 Å². The average molecular weight is 328 g/mol. The SMILES string of the molecule is Cc1noc(CCCC(=O)NC[C@H](C)N2CCc3ccccc32)n1. The molecule has 0 bridgehead atoms. The Hall–Kier alpha value is -2.37. The summed E-state index contributed by atoms with van der Waals surface area (Å²) >= 11 is 0. The largest absolute Gasteiger partial charge is 0.366 e. The predicted octanol–water partition coefficient (Wildman–Crippen LogP) is 2.27. The molecule has 6 heteroatoms. The molecular weight excluding hydrogens is 304 g/mol. The van der Waals surface area contributed by atoms with Crippen molar-refractivity contribution in [2.24, 2.45) is 0 Å². The average Bonchev–Trinajstić information content (AvgIpc) is 3.19. The van der Waals surface area contributed by atoms with Crippen molar-refractivity contribution in [3.8, 4) is 0 Å². The predicted molar refractivity (Wildman–Crippen MR) is 91.9 cm³/mol. The molecule has 0 saturated heterocycles. The lowest BCUT2D eigenvalue weighted by Crippen LogP contribution is -2.41. The van der Waals surface area contributed by atoms with Gasteiger partial charge >= 0.3 is 0 Å². The Morgan fingerprint density at radius 3 is 3.04 bits per heavy atom. The third-order valence-corrected chi connectivity index (χ3v) is 4.41. The highest BCUT2D eigenvalue weighted by Gasteiger charge is 2.22. The van der Waals surface area contributed by atoms with E-state index < -0.39 is 0 Å².